The van der Waals surface area contributed by atoms with Gasteiger partial charge >= 0.3 is 0 Å². The molecule has 76 valence electrons. The summed E-state index contributed by atoms with van der Waals surface area (Å²) in [5, 5.41) is 3.57. The van der Waals surface area contributed by atoms with Crippen LogP contribution in [0.5, 0.6) is 0 Å². The van der Waals surface area contributed by atoms with Crippen molar-refractivity contribution >= 4 is 0 Å². The summed E-state index contributed by atoms with van der Waals surface area (Å²) in [6, 6.07) is 0.878. The molecule has 0 unspecified atom stereocenters. The molecule has 1 saturated heterocycles. The van der Waals surface area contributed by atoms with Gasteiger partial charge in [-0.25, -0.2) is 0 Å². The minimum atomic E-state index is 0.878. The van der Waals surface area contributed by atoms with Crippen LogP contribution in [0.15, 0.2) is 0 Å². The number of nitrogens with one attached hydrogen (secondary N) is 1. The Kier molecular flexibility index (Phi) is 3.23. The van der Waals surface area contributed by atoms with E-state index in [2.05, 4.69) is 17.1 Å². The van der Waals surface area contributed by atoms with Gasteiger partial charge in [0.2, 0.25) is 0 Å². The second-order valence-corrected chi connectivity index (χ2v) is 4.75. The highest BCUT2D eigenvalue weighted by Crippen LogP contribution is 2.18. The van der Waals surface area contributed by atoms with Gasteiger partial charge in [-0.1, -0.05) is 6.92 Å². The molecule has 0 radical (unpaired) electrons. The smallest absolute Gasteiger partial charge is 0.0107 e. The molecule has 1 aliphatic carbocycles. The van der Waals surface area contributed by atoms with Gasteiger partial charge in [0.15, 0.2) is 0 Å². The summed E-state index contributed by atoms with van der Waals surface area (Å²) in [6.07, 6.45) is 5.64. The lowest BCUT2D eigenvalue weighted by atomic mass is 9.99. The second-order valence-electron chi connectivity index (χ2n) is 4.75. The lowest BCUT2D eigenvalue weighted by Crippen LogP contribution is -2.38. The predicted molar refractivity (Wildman–Crippen MR) is 55.9 cm³/mol. The highest BCUT2D eigenvalue weighted by atomic mass is 15.1. The Hall–Kier alpha value is -0.0800. The number of nitrogens with zero attached hydrogens (tertiary/aromatic N) is 1. The van der Waals surface area contributed by atoms with E-state index in [1.165, 1.54) is 51.9 Å². The van der Waals surface area contributed by atoms with Crippen molar-refractivity contribution in [1.29, 1.82) is 0 Å². The lowest BCUT2D eigenvalue weighted by Gasteiger charge is -2.30. The van der Waals surface area contributed by atoms with E-state index in [1.54, 1.807) is 0 Å². The first kappa shape index (κ1) is 9.47. The Balaban J connectivity index is 1.53. The first-order chi connectivity index (χ1) is 6.34. The summed E-state index contributed by atoms with van der Waals surface area (Å²) in [5.74, 6) is 0.965. The maximum atomic E-state index is 3.57. The summed E-state index contributed by atoms with van der Waals surface area (Å²) in [7, 11) is 0. The first-order valence-corrected chi connectivity index (χ1v) is 5.80. The minimum absolute atomic E-state index is 0.878. The molecule has 13 heavy (non-hydrogen) atoms. The molecule has 0 amide bonds. The fourth-order valence-electron chi connectivity index (χ4n) is 2.00. The average Bonchev–Trinajstić information content (AvgIpc) is 2.92. The molecule has 2 fully saturated rings. The number of hydrogen-bond acceptors (Lipinski definition) is 2. The topological polar surface area (TPSA) is 15.3 Å². The van der Waals surface area contributed by atoms with E-state index < -0.39 is 0 Å². The van der Waals surface area contributed by atoms with Gasteiger partial charge in [-0.05, 0) is 44.7 Å². The van der Waals surface area contributed by atoms with Gasteiger partial charge in [-0.15, -0.1) is 0 Å². The van der Waals surface area contributed by atoms with Crippen LogP contribution in [-0.2, 0) is 0 Å². The molecule has 0 spiro atoms. The molecule has 1 N–H and O–H groups in total. The van der Waals surface area contributed by atoms with E-state index in [-0.39, 0.29) is 0 Å². The SMILES string of the molecule is CC1CCN(CCNC2CC2)CC1. The monoisotopic (exact) mass is 182 g/mol. The zero-order valence-electron chi connectivity index (χ0n) is 8.76. The van der Waals surface area contributed by atoms with Crippen molar-refractivity contribution in [2.75, 3.05) is 26.2 Å². The van der Waals surface area contributed by atoms with Crippen molar-refractivity contribution in [2.24, 2.45) is 5.92 Å². The van der Waals surface area contributed by atoms with Crippen LogP contribution in [0.3, 0.4) is 0 Å². The zero-order valence-corrected chi connectivity index (χ0v) is 8.76. The minimum Gasteiger partial charge on any atom is -0.313 e. The molecule has 0 aromatic rings. The summed E-state index contributed by atoms with van der Waals surface area (Å²) in [4.78, 5) is 2.61. The van der Waals surface area contributed by atoms with E-state index in [0.29, 0.717) is 0 Å². The molecule has 1 heterocycles. The van der Waals surface area contributed by atoms with Crippen LogP contribution >= 0.6 is 0 Å². The van der Waals surface area contributed by atoms with Gasteiger partial charge in [0.05, 0.1) is 0 Å². The normalized spacial score (nSPS) is 26.5. The fraction of sp³-hybridized carbons (Fsp3) is 1.00. The van der Waals surface area contributed by atoms with Crippen molar-refractivity contribution in [3.8, 4) is 0 Å². The third-order valence-electron chi connectivity index (χ3n) is 3.31. The van der Waals surface area contributed by atoms with Crippen LogP contribution in [-0.4, -0.2) is 37.1 Å². The van der Waals surface area contributed by atoms with E-state index in [9.17, 15) is 0 Å². The summed E-state index contributed by atoms with van der Waals surface area (Å²) in [5.41, 5.74) is 0. The van der Waals surface area contributed by atoms with Gasteiger partial charge in [0, 0.05) is 19.1 Å². The van der Waals surface area contributed by atoms with Crippen LogP contribution < -0.4 is 5.32 Å². The number of hydrogen-bond donors (Lipinski definition) is 1. The third kappa shape index (κ3) is 3.28. The molecule has 2 nitrogen and oxygen atoms in total. The maximum absolute atomic E-state index is 3.57. The van der Waals surface area contributed by atoms with Crippen LogP contribution in [0.4, 0.5) is 0 Å². The van der Waals surface area contributed by atoms with Crippen molar-refractivity contribution < 1.29 is 0 Å². The predicted octanol–water partition coefficient (Wildman–Crippen LogP) is 1.47. The van der Waals surface area contributed by atoms with E-state index in [0.717, 1.165) is 12.0 Å². The van der Waals surface area contributed by atoms with Crippen LogP contribution in [0.2, 0.25) is 0 Å². The zero-order chi connectivity index (χ0) is 9.10. The summed E-state index contributed by atoms with van der Waals surface area (Å²) in [6.45, 7) is 7.50. The average molecular weight is 182 g/mol. The van der Waals surface area contributed by atoms with Crippen molar-refractivity contribution in [1.82, 2.24) is 10.2 Å². The van der Waals surface area contributed by atoms with E-state index in [1.807, 2.05) is 0 Å². The molecular weight excluding hydrogens is 160 g/mol. The fourth-order valence-corrected chi connectivity index (χ4v) is 2.00. The number of piperidine rings is 1. The van der Waals surface area contributed by atoms with Gasteiger partial charge in [-0.2, -0.15) is 0 Å². The van der Waals surface area contributed by atoms with Crippen molar-refractivity contribution in [3.05, 3.63) is 0 Å². The van der Waals surface area contributed by atoms with Crippen molar-refractivity contribution in [3.63, 3.8) is 0 Å². The van der Waals surface area contributed by atoms with E-state index in [4.69, 9.17) is 0 Å². The Morgan fingerprint density at radius 3 is 2.46 bits per heavy atom. The molecule has 2 rings (SSSR count). The first-order valence-electron chi connectivity index (χ1n) is 5.80. The summed E-state index contributed by atoms with van der Waals surface area (Å²) >= 11 is 0. The van der Waals surface area contributed by atoms with Crippen LogP contribution in [0, 0.1) is 5.92 Å². The van der Waals surface area contributed by atoms with Crippen LogP contribution in [0.1, 0.15) is 32.6 Å². The molecule has 0 bridgehead atoms. The molecule has 1 saturated carbocycles. The standard InChI is InChI=1S/C11H22N2/c1-10-4-7-13(8-5-10)9-6-12-11-2-3-11/h10-12H,2-9H2,1H3. The van der Waals surface area contributed by atoms with Gasteiger partial charge in [0.1, 0.15) is 0 Å². The summed E-state index contributed by atoms with van der Waals surface area (Å²) < 4.78 is 0. The van der Waals surface area contributed by atoms with Gasteiger partial charge in [0.25, 0.3) is 0 Å². The Labute approximate surface area is 81.7 Å². The Morgan fingerprint density at radius 1 is 1.15 bits per heavy atom. The number of likely N-dealkylation sites (tertiary alicyclic amines) is 1. The molecule has 0 aromatic heterocycles. The lowest BCUT2D eigenvalue weighted by molar-refractivity contribution is 0.193. The molecule has 1 aliphatic heterocycles. The maximum Gasteiger partial charge on any atom is 0.0107 e. The highest BCUT2D eigenvalue weighted by Gasteiger charge is 2.20. The molecule has 0 aromatic carbocycles. The van der Waals surface area contributed by atoms with Gasteiger partial charge in [-0.3, -0.25) is 0 Å². The van der Waals surface area contributed by atoms with E-state index >= 15 is 0 Å². The highest BCUT2D eigenvalue weighted by molar-refractivity contribution is 4.81. The molecule has 2 aliphatic rings. The quantitative estimate of drug-likeness (QED) is 0.708. The van der Waals surface area contributed by atoms with Crippen LogP contribution in [0.25, 0.3) is 0 Å². The number of rotatable bonds is 4. The van der Waals surface area contributed by atoms with Gasteiger partial charge < -0.3 is 10.2 Å². The largest absolute Gasteiger partial charge is 0.313 e. The molecule has 2 heteroatoms. The molecule has 0 atom stereocenters. The Morgan fingerprint density at radius 2 is 1.85 bits per heavy atom. The Bertz CT molecular complexity index is 146. The third-order valence-corrected chi connectivity index (χ3v) is 3.31. The second kappa shape index (κ2) is 4.43. The molecular formula is C11H22N2. The van der Waals surface area contributed by atoms with Crippen molar-refractivity contribution in [2.45, 2.75) is 38.6 Å².